The van der Waals surface area contributed by atoms with E-state index in [9.17, 15) is 14.4 Å². The number of imide groups is 1. The van der Waals surface area contributed by atoms with Crippen molar-refractivity contribution in [1.29, 1.82) is 0 Å². The van der Waals surface area contributed by atoms with Crippen molar-refractivity contribution in [2.24, 2.45) is 0 Å². The Morgan fingerprint density at radius 2 is 1.82 bits per heavy atom. The van der Waals surface area contributed by atoms with Crippen molar-refractivity contribution >= 4 is 40.6 Å². The number of aryl methyl sites for hydroxylation is 2. The number of amides is 2. The van der Waals surface area contributed by atoms with E-state index in [4.69, 9.17) is 10.7 Å². The molecule has 2 aromatic carbocycles. The van der Waals surface area contributed by atoms with Gasteiger partial charge >= 0.3 is 0 Å². The molecule has 2 aromatic heterocycles. The molecule has 0 saturated carbocycles. The van der Waals surface area contributed by atoms with Gasteiger partial charge in [0.25, 0.3) is 11.5 Å². The molecule has 4 aromatic rings. The zero-order chi connectivity index (χ0) is 27.0. The Hall–Kier alpha value is -4.86. The molecule has 10 nitrogen and oxygen atoms in total. The first-order valence-electron chi connectivity index (χ1n) is 12.3. The summed E-state index contributed by atoms with van der Waals surface area (Å²) in [4.78, 5) is 51.5. The van der Waals surface area contributed by atoms with Crippen LogP contribution in [0.3, 0.4) is 0 Å². The number of hydrogen-bond acceptors (Lipinski definition) is 8. The smallest absolute Gasteiger partial charge is 0.266 e. The van der Waals surface area contributed by atoms with Gasteiger partial charge < -0.3 is 11.1 Å². The summed E-state index contributed by atoms with van der Waals surface area (Å²) in [7, 11) is 0. The van der Waals surface area contributed by atoms with Crippen molar-refractivity contribution < 1.29 is 9.59 Å². The number of rotatable bonds is 6. The van der Waals surface area contributed by atoms with Crippen molar-refractivity contribution in [3.63, 3.8) is 0 Å². The Morgan fingerprint density at radius 1 is 1.05 bits per heavy atom. The summed E-state index contributed by atoms with van der Waals surface area (Å²) in [5.41, 5.74) is 9.32. The van der Waals surface area contributed by atoms with E-state index < -0.39 is 11.9 Å². The second-order valence-electron chi connectivity index (χ2n) is 9.17. The first-order chi connectivity index (χ1) is 18.3. The molecule has 38 heavy (non-hydrogen) atoms. The van der Waals surface area contributed by atoms with Gasteiger partial charge in [0.1, 0.15) is 11.6 Å². The summed E-state index contributed by atoms with van der Waals surface area (Å²) in [5.74, 6) is 0.118. The first kappa shape index (κ1) is 24.8. The minimum absolute atomic E-state index is 0.0293. The summed E-state index contributed by atoms with van der Waals surface area (Å²) in [6, 6.07) is 14.5. The summed E-state index contributed by atoms with van der Waals surface area (Å²) in [5, 5.41) is 6.24. The van der Waals surface area contributed by atoms with Crippen LogP contribution in [0.5, 0.6) is 0 Å². The molecule has 1 aliphatic heterocycles. The number of anilines is 2. The van der Waals surface area contributed by atoms with E-state index in [1.54, 1.807) is 17.6 Å². The van der Waals surface area contributed by atoms with Gasteiger partial charge in [0.15, 0.2) is 0 Å². The molecule has 10 heteroatoms. The molecule has 0 aliphatic carbocycles. The number of carbonyl (C=O) groups excluding carboxylic acids is 2. The van der Waals surface area contributed by atoms with Crippen molar-refractivity contribution in [2.75, 3.05) is 11.1 Å². The van der Waals surface area contributed by atoms with Gasteiger partial charge in [0.05, 0.1) is 34.7 Å². The van der Waals surface area contributed by atoms with Gasteiger partial charge in [-0.3, -0.25) is 24.3 Å². The van der Waals surface area contributed by atoms with Crippen molar-refractivity contribution in [3.8, 4) is 5.69 Å². The van der Waals surface area contributed by atoms with Crippen LogP contribution in [0.25, 0.3) is 22.7 Å². The van der Waals surface area contributed by atoms with Crippen LogP contribution in [0.4, 0.5) is 11.8 Å². The van der Waals surface area contributed by atoms with Crippen LogP contribution in [0.15, 0.2) is 58.9 Å². The van der Waals surface area contributed by atoms with Gasteiger partial charge in [-0.25, -0.2) is 9.97 Å². The molecule has 1 atom stereocenters. The van der Waals surface area contributed by atoms with Gasteiger partial charge in [-0.15, -0.1) is 0 Å². The minimum atomic E-state index is -0.460. The highest BCUT2D eigenvalue weighted by Crippen LogP contribution is 2.29. The molecule has 1 fully saturated rings. The molecule has 3 heterocycles. The van der Waals surface area contributed by atoms with E-state index in [1.807, 2.05) is 62.4 Å². The van der Waals surface area contributed by atoms with Gasteiger partial charge in [-0.05, 0) is 50.1 Å². The predicted molar refractivity (Wildman–Crippen MR) is 146 cm³/mol. The fourth-order valence-electron chi connectivity index (χ4n) is 4.67. The lowest BCUT2D eigenvalue weighted by atomic mass is 10.1. The minimum Gasteiger partial charge on any atom is -0.368 e. The molecule has 0 bridgehead atoms. The van der Waals surface area contributed by atoms with E-state index in [0.29, 0.717) is 51.5 Å². The lowest BCUT2D eigenvalue weighted by Gasteiger charge is -2.23. The molecule has 2 amide bonds. The van der Waals surface area contributed by atoms with Crippen molar-refractivity contribution in [2.45, 2.75) is 39.7 Å². The maximum Gasteiger partial charge on any atom is 0.266 e. The van der Waals surface area contributed by atoms with E-state index in [2.05, 4.69) is 20.6 Å². The number of aromatic nitrogens is 4. The van der Waals surface area contributed by atoms with Gasteiger partial charge in [-0.1, -0.05) is 37.3 Å². The standard InChI is InChI=1S/C28H27N7O3/c1-4-20(31-24-19(16(3)30-28(29)34-24)13-17-14-22(36)33-26(17)37)25-32-21-12-8-9-15(2)23(21)27(38)35(25)18-10-6-5-7-11-18/h5-13,20H,4,14H2,1-3H3,(H,33,36,37)(H3,29,30,31,34)/b17-13+. The highest BCUT2D eigenvalue weighted by atomic mass is 16.2. The molecule has 0 radical (unpaired) electrons. The Bertz CT molecular complexity index is 1680. The van der Waals surface area contributed by atoms with Gasteiger partial charge in [0.2, 0.25) is 11.9 Å². The van der Waals surface area contributed by atoms with Crippen LogP contribution in [-0.4, -0.2) is 31.3 Å². The summed E-state index contributed by atoms with van der Waals surface area (Å²) in [6.07, 6.45) is 2.12. The molecule has 4 N–H and O–H groups in total. The average Bonchev–Trinajstić information content (AvgIpc) is 3.21. The Kier molecular flexibility index (Phi) is 6.46. The SMILES string of the molecule is CCC(Nc1nc(N)nc(C)c1/C=C1\CC(=O)NC1=O)c1nc2cccc(C)c2c(=O)n1-c1ccccc1. The molecular weight excluding hydrogens is 482 g/mol. The largest absolute Gasteiger partial charge is 0.368 e. The normalized spacial score (nSPS) is 15.2. The summed E-state index contributed by atoms with van der Waals surface area (Å²) in [6.45, 7) is 5.62. The number of nitrogens with one attached hydrogen (secondary N) is 2. The zero-order valence-electron chi connectivity index (χ0n) is 21.3. The second kappa shape index (κ2) is 9.89. The summed E-state index contributed by atoms with van der Waals surface area (Å²) >= 11 is 0. The number of nitrogens with zero attached hydrogens (tertiary/aromatic N) is 4. The lowest BCUT2D eigenvalue weighted by molar-refractivity contribution is -0.124. The predicted octanol–water partition coefficient (Wildman–Crippen LogP) is 3.37. The third kappa shape index (κ3) is 4.52. The van der Waals surface area contributed by atoms with Crippen LogP contribution in [0, 0.1) is 13.8 Å². The second-order valence-corrected chi connectivity index (χ2v) is 9.17. The Labute approximate surface area is 218 Å². The fourth-order valence-corrected chi connectivity index (χ4v) is 4.67. The zero-order valence-corrected chi connectivity index (χ0v) is 21.3. The molecule has 1 saturated heterocycles. The monoisotopic (exact) mass is 509 g/mol. The van der Waals surface area contributed by atoms with E-state index in [-0.39, 0.29) is 23.8 Å². The van der Waals surface area contributed by atoms with Gasteiger partial charge in [0, 0.05) is 11.1 Å². The highest BCUT2D eigenvalue weighted by molar-refractivity contribution is 6.15. The van der Waals surface area contributed by atoms with Gasteiger partial charge in [-0.2, -0.15) is 4.98 Å². The topological polar surface area (TPSA) is 145 Å². The van der Waals surface area contributed by atoms with Crippen molar-refractivity contribution in [3.05, 3.63) is 87.1 Å². The van der Waals surface area contributed by atoms with Crippen LogP contribution in [0.1, 0.15) is 48.5 Å². The number of hydrogen-bond donors (Lipinski definition) is 3. The maximum absolute atomic E-state index is 13.9. The Balaban J connectivity index is 1.69. The van der Waals surface area contributed by atoms with E-state index in [1.165, 1.54) is 0 Å². The lowest BCUT2D eigenvalue weighted by Crippen LogP contribution is -2.29. The molecule has 1 aliphatic rings. The number of nitrogen functional groups attached to an aromatic ring is 1. The quantitative estimate of drug-likeness (QED) is 0.265. The van der Waals surface area contributed by atoms with Crippen LogP contribution in [-0.2, 0) is 9.59 Å². The fraction of sp³-hybridized carbons (Fsp3) is 0.214. The molecule has 1 unspecified atom stereocenters. The number of para-hydroxylation sites is 1. The van der Waals surface area contributed by atoms with E-state index in [0.717, 1.165) is 5.56 Å². The molecular formula is C28H27N7O3. The molecule has 192 valence electrons. The number of carbonyl (C=O) groups is 2. The number of fused-ring (bicyclic) bond motifs is 1. The number of nitrogens with two attached hydrogens (primary N) is 1. The third-order valence-corrected chi connectivity index (χ3v) is 6.54. The summed E-state index contributed by atoms with van der Waals surface area (Å²) < 4.78 is 1.62. The molecule has 5 rings (SSSR count). The van der Waals surface area contributed by atoms with Crippen LogP contribution >= 0.6 is 0 Å². The highest BCUT2D eigenvalue weighted by Gasteiger charge is 2.26. The number of benzene rings is 2. The first-order valence-corrected chi connectivity index (χ1v) is 12.3. The maximum atomic E-state index is 13.9. The Morgan fingerprint density at radius 3 is 2.50 bits per heavy atom. The van der Waals surface area contributed by atoms with Crippen molar-refractivity contribution in [1.82, 2.24) is 24.8 Å². The average molecular weight is 510 g/mol. The van der Waals surface area contributed by atoms with Crippen LogP contribution in [0.2, 0.25) is 0 Å². The molecule has 0 spiro atoms. The van der Waals surface area contributed by atoms with E-state index >= 15 is 0 Å². The van der Waals surface area contributed by atoms with Crippen LogP contribution < -0.4 is 21.9 Å². The third-order valence-electron chi connectivity index (χ3n) is 6.54.